The molecule has 0 unspecified atom stereocenters. The average Bonchev–Trinajstić information content (AvgIpc) is 2.93. The maximum absolute atomic E-state index is 12.7. The Morgan fingerprint density at radius 3 is 2.15 bits per heavy atom. The first kappa shape index (κ1) is 23.1. The SMILES string of the molecule is CCCCCC(=O)NS(=O)(=O)c1sc(C(=O)OCC)c(C)c1C(=O)OCC. The molecule has 0 aliphatic carbocycles. The van der Waals surface area contributed by atoms with Gasteiger partial charge in [-0.25, -0.2) is 22.7 Å². The minimum atomic E-state index is -4.33. The fraction of sp³-hybridized carbons (Fsp3) is 0.588. The van der Waals surface area contributed by atoms with Gasteiger partial charge >= 0.3 is 11.9 Å². The normalized spacial score (nSPS) is 11.1. The lowest BCUT2D eigenvalue weighted by Crippen LogP contribution is -2.31. The molecule has 0 radical (unpaired) electrons. The van der Waals surface area contributed by atoms with Crippen molar-refractivity contribution in [2.45, 2.75) is 57.6 Å². The number of rotatable bonds is 10. The van der Waals surface area contributed by atoms with Crippen LogP contribution in [0.2, 0.25) is 0 Å². The Morgan fingerprint density at radius 2 is 1.59 bits per heavy atom. The van der Waals surface area contributed by atoms with Gasteiger partial charge < -0.3 is 9.47 Å². The number of esters is 2. The van der Waals surface area contributed by atoms with E-state index in [1.165, 1.54) is 6.92 Å². The Kier molecular flexibility index (Phi) is 8.91. The number of nitrogens with one attached hydrogen (secondary N) is 1. The molecule has 8 nitrogen and oxygen atoms in total. The Morgan fingerprint density at radius 1 is 1.00 bits per heavy atom. The van der Waals surface area contributed by atoms with Crippen LogP contribution in [0, 0.1) is 6.92 Å². The number of hydrogen-bond acceptors (Lipinski definition) is 8. The van der Waals surface area contributed by atoms with Crippen molar-refractivity contribution in [2.24, 2.45) is 0 Å². The van der Waals surface area contributed by atoms with Gasteiger partial charge in [0.15, 0.2) is 4.21 Å². The van der Waals surface area contributed by atoms with Gasteiger partial charge in [0.25, 0.3) is 10.0 Å². The van der Waals surface area contributed by atoms with E-state index in [-0.39, 0.29) is 35.6 Å². The smallest absolute Gasteiger partial charge is 0.348 e. The monoisotopic (exact) mass is 419 g/mol. The molecule has 1 amide bonds. The topological polar surface area (TPSA) is 116 Å². The highest BCUT2D eigenvalue weighted by atomic mass is 32.2. The first-order chi connectivity index (χ1) is 12.7. The lowest BCUT2D eigenvalue weighted by Gasteiger charge is -2.08. The Bertz CT molecular complexity index is 796. The molecule has 1 N–H and O–H groups in total. The molecule has 0 bridgehead atoms. The molecule has 1 aromatic heterocycles. The second kappa shape index (κ2) is 10.4. The van der Waals surface area contributed by atoms with Gasteiger partial charge in [-0.15, -0.1) is 11.3 Å². The summed E-state index contributed by atoms with van der Waals surface area (Å²) < 4.78 is 36.7. The van der Waals surface area contributed by atoms with Gasteiger partial charge in [0.05, 0.1) is 18.8 Å². The number of carbonyl (C=O) groups is 3. The molecule has 0 aromatic carbocycles. The van der Waals surface area contributed by atoms with Gasteiger partial charge in [0, 0.05) is 6.42 Å². The van der Waals surface area contributed by atoms with E-state index in [1.54, 1.807) is 13.8 Å². The van der Waals surface area contributed by atoms with E-state index in [0.717, 1.165) is 12.8 Å². The number of amides is 1. The molecule has 0 spiro atoms. The molecule has 0 aliphatic heterocycles. The molecule has 0 saturated heterocycles. The molecule has 0 aliphatic rings. The number of carbonyl (C=O) groups excluding carboxylic acids is 3. The Hall–Kier alpha value is -1.94. The summed E-state index contributed by atoms with van der Waals surface area (Å²) in [5, 5.41) is 0. The fourth-order valence-corrected chi connectivity index (χ4v) is 5.02. The van der Waals surface area contributed by atoms with E-state index in [1.807, 2.05) is 11.6 Å². The average molecular weight is 420 g/mol. The van der Waals surface area contributed by atoms with Crippen molar-refractivity contribution in [3.05, 3.63) is 16.0 Å². The molecule has 0 atom stereocenters. The highest BCUT2D eigenvalue weighted by Gasteiger charge is 2.33. The zero-order valence-electron chi connectivity index (χ0n) is 15.9. The van der Waals surface area contributed by atoms with Crippen LogP contribution >= 0.6 is 11.3 Å². The molecule has 0 saturated carbocycles. The third kappa shape index (κ3) is 6.03. The van der Waals surface area contributed by atoms with Gasteiger partial charge in [0.1, 0.15) is 4.88 Å². The number of hydrogen-bond donors (Lipinski definition) is 1. The summed E-state index contributed by atoms with van der Waals surface area (Å²) in [5.74, 6) is -2.27. The van der Waals surface area contributed by atoms with Crippen molar-refractivity contribution < 1.29 is 32.3 Å². The largest absolute Gasteiger partial charge is 0.462 e. The Balaban J connectivity index is 3.30. The van der Waals surface area contributed by atoms with Crippen LogP contribution in [0.4, 0.5) is 0 Å². The summed E-state index contributed by atoms with van der Waals surface area (Å²) in [6.45, 7) is 6.73. The van der Waals surface area contributed by atoms with Crippen molar-refractivity contribution in [3.8, 4) is 0 Å². The number of sulfonamides is 1. The maximum atomic E-state index is 12.7. The summed E-state index contributed by atoms with van der Waals surface area (Å²) in [7, 11) is -4.33. The van der Waals surface area contributed by atoms with E-state index in [9.17, 15) is 22.8 Å². The lowest BCUT2D eigenvalue weighted by molar-refractivity contribution is -0.119. The van der Waals surface area contributed by atoms with Gasteiger partial charge in [0.2, 0.25) is 5.91 Å². The lowest BCUT2D eigenvalue weighted by atomic mass is 10.2. The van der Waals surface area contributed by atoms with Crippen molar-refractivity contribution >= 4 is 39.2 Å². The molecule has 27 heavy (non-hydrogen) atoms. The first-order valence-corrected chi connectivity index (χ1v) is 11.0. The van der Waals surface area contributed by atoms with Crippen molar-refractivity contribution in [1.29, 1.82) is 0 Å². The number of ether oxygens (including phenoxy) is 2. The van der Waals surface area contributed by atoms with E-state index >= 15 is 0 Å². The summed E-state index contributed by atoms with van der Waals surface area (Å²) in [6.07, 6.45) is 2.30. The van der Waals surface area contributed by atoms with Crippen LogP contribution in [0.1, 0.15) is 72.0 Å². The predicted octanol–water partition coefficient (Wildman–Crippen LogP) is 2.80. The maximum Gasteiger partial charge on any atom is 0.348 e. The van der Waals surface area contributed by atoms with Crippen LogP contribution in [0.5, 0.6) is 0 Å². The van der Waals surface area contributed by atoms with E-state index in [2.05, 4.69) is 0 Å². The second-order valence-electron chi connectivity index (χ2n) is 5.65. The molecule has 1 aromatic rings. The highest BCUT2D eigenvalue weighted by Crippen LogP contribution is 2.33. The molecule has 152 valence electrons. The molecule has 10 heteroatoms. The Labute approximate surface area is 163 Å². The van der Waals surface area contributed by atoms with E-state index in [4.69, 9.17) is 9.47 Å². The van der Waals surface area contributed by atoms with Crippen LogP contribution in [-0.2, 0) is 24.3 Å². The summed E-state index contributed by atoms with van der Waals surface area (Å²) >= 11 is 0.588. The van der Waals surface area contributed by atoms with E-state index in [0.29, 0.717) is 17.8 Å². The standard InChI is InChI=1S/C17H25NO7S2/c1-5-8-9-10-12(19)18-27(22,23)17-13(15(20)24-6-2)11(4)14(26-17)16(21)25-7-3/h5-10H2,1-4H3,(H,18,19). The van der Waals surface area contributed by atoms with Crippen molar-refractivity contribution in [3.63, 3.8) is 0 Å². The van der Waals surface area contributed by atoms with Gasteiger partial charge in [-0.1, -0.05) is 19.8 Å². The fourth-order valence-electron chi connectivity index (χ4n) is 2.29. The minimum absolute atomic E-state index is 0.0151. The summed E-state index contributed by atoms with van der Waals surface area (Å²) in [6, 6.07) is 0. The minimum Gasteiger partial charge on any atom is -0.462 e. The molecular formula is C17H25NO7S2. The van der Waals surface area contributed by atoms with Crippen LogP contribution in [0.3, 0.4) is 0 Å². The third-order valence-corrected chi connectivity index (χ3v) is 6.72. The van der Waals surface area contributed by atoms with Crippen molar-refractivity contribution in [2.75, 3.05) is 13.2 Å². The van der Waals surface area contributed by atoms with Gasteiger partial charge in [-0.3, -0.25) is 4.79 Å². The first-order valence-electron chi connectivity index (χ1n) is 8.72. The molecule has 0 fully saturated rings. The van der Waals surface area contributed by atoms with Crippen LogP contribution in [-0.4, -0.2) is 39.5 Å². The van der Waals surface area contributed by atoms with Crippen LogP contribution in [0.25, 0.3) is 0 Å². The van der Waals surface area contributed by atoms with Gasteiger partial charge in [-0.2, -0.15) is 0 Å². The van der Waals surface area contributed by atoms with E-state index < -0.39 is 32.1 Å². The summed E-state index contributed by atoms with van der Waals surface area (Å²) in [4.78, 5) is 36.3. The zero-order valence-corrected chi connectivity index (χ0v) is 17.5. The summed E-state index contributed by atoms with van der Waals surface area (Å²) in [5.41, 5.74) is -0.102. The van der Waals surface area contributed by atoms with Crippen molar-refractivity contribution in [1.82, 2.24) is 4.72 Å². The molecule has 1 heterocycles. The van der Waals surface area contributed by atoms with Gasteiger partial charge in [-0.05, 0) is 32.8 Å². The number of thiophene rings is 1. The quantitative estimate of drug-likeness (QED) is 0.458. The number of unbranched alkanes of at least 4 members (excludes halogenated alkanes) is 2. The third-order valence-electron chi connectivity index (χ3n) is 3.55. The van der Waals surface area contributed by atoms with Crippen LogP contribution in [0.15, 0.2) is 4.21 Å². The molecule has 1 rings (SSSR count). The molecular weight excluding hydrogens is 394 g/mol. The van der Waals surface area contributed by atoms with Crippen LogP contribution < -0.4 is 4.72 Å². The second-order valence-corrected chi connectivity index (χ2v) is 8.54. The highest BCUT2D eigenvalue weighted by molar-refractivity contribution is 7.92. The predicted molar refractivity (Wildman–Crippen MR) is 100 cm³/mol. The zero-order chi connectivity index (χ0) is 20.6.